The molecule has 4 atom stereocenters. The molecule has 4 rings (SSSR count). The van der Waals surface area contributed by atoms with Gasteiger partial charge >= 0.3 is 12.2 Å². The Labute approximate surface area is 179 Å². The normalized spacial score (nSPS) is 26.6. The molecule has 1 saturated heterocycles. The van der Waals surface area contributed by atoms with Crippen molar-refractivity contribution in [2.75, 3.05) is 13.1 Å². The Morgan fingerprint density at radius 1 is 1.23 bits per heavy atom. The van der Waals surface area contributed by atoms with Gasteiger partial charge in [-0.1, -0.05) is 30.3 Å². The quantitative estimate of drug-likeness (QED) is 0.536. The van der Waals surface area contributed by atoms with Crippen molar-refractivity contribution in [3.63, 3.8) is 0 Å². The average Bonchev–Trinajstić information content (AvgIpc) is 3.18. The molecule has 1 aliphatic carbocycles. The second-order valence-electron chi connectivity index (χ2n) is 8.64. The molecule has 9 heteroatoms. The third-order valence-corrected chi connectivity index (χ3v) is 5.95. The van der Waals surface area contributed by atoms with Gasteiger partial charge in [0.2, 0.25) is 5.88 Å². The van der Waals surface area contributed by atoms with Gasteiger partial charge in [-0.2, -0.15) is 4.79 Å². The first-order valence-electron chi connectivity index (χ1n) is 10.1. The van der Waals surface area contributed by atoms with Crippen molar-refractivity contribution in [1.29, 1.82) is 0 Å². The Kier molecular flexibility index (Phi) is 5.32. The first kappa shape index (κ1) is 21.1. The standard InChI is InChI=1S/C22H25N3O6/c1-22(2,24-20(26)30-13-14-6-4-3-5-7-14)15-8-9-23-18(10-15)31-19-16-11-25(29,21(27)28)12-17(16)19/h3-10,16-17,19H,11-13H2,1-2H3,(H,24,26)(H,27,28)/t16-,17+,19?,25?. The number of nitrogens with zero attached hydrogens (tertiary/aromatic N) is 2. The van der Waals surface area contributed by atoms with Crippen LogP contribution in [0, 0.1) is 17.0 Å². The van der Waals surface area contributed by atoms with Gasteiger partial charge in [-0.15, -0.1) is 0 Å². The van der Waals surface area contributed by atoms with Gasteiger partial charge in [-0.25, -0.2) is 9.78 Å². The number of benzene rings is 1. The van der Waals surface area contributed by atoms with Gasteiger partial charge in [0.1, 0.15) is 12.7 Å². The molecule has 0 radical (unpaired) electrons. The molecule has 2 aromatic rings. The van der Waals surface area contributed by atoms with Gasteiger partial charge in [-0.05, 0) is 31.0 Å². The van der Waals surface area contributed by atoms with E-state index in [1.807, 2.05) is 44.2 Å². The van der Waals surface area contributed by atoms with Crippen molar-refractivity contribution in [3.8, 4) is 5.88 Å². The molecular weight excluding hydrogens is 402 g/mol. The summed E-state index contributed by atoms with van der Waals surface area (Å²) in [6.07, 6.45) is -0.498. The van der Waals surface area contributed by atoms with Crippen molar-refractivity contribution >= 4 is 12.2 Å². The number of hydrogen-bond donors (Lipinski definition) is 2. The fourth-order valence-corrected chi connectivity index (χ4v) is 4.06. The van der Waals surface area contributed by atoms with E-state index in [2.05, 4.69) is 10.3 Å². The first-order valence-corrected chi connectivity index (χ1v) is 10.1. The summed E-state index contributed by atoms with van der Waals surface area (Å²) in [6, 6.07) is 12.9. The molecule has 2 N–H and O–H groups in total. The van der Waals surface area contributed by atoms with Crippen LogP contribution in [0.3, 0.4) is 0 Å². The monoisotopic (exact) mass is 427 g/mol. The van der Waals surface area contributed by atoms with Crippen LogP contribution in [0.25, 0.3) is 0 Å². The number of aromatic nitrogens is 1. The molecule has 31 heavy (non-hydrogen) atoms. The maximum Gasteiger partial charge on any atom is 0.513 e. The molecule has 0 spiro atoms. The Hall–Kier alpha value is -3.17. The van der Waals surface area contributed by atoms with Crippen LogP contribution in [0.5, 0.6) is 5.88 Å². The summed E-state index contributed by atoms with van der Waals surface area (Å²) in [6.45, 7) is 3.90. The molecule has 1 aliphatic heterocycles. The number of fused-ring (bicyclic) bond motifs is 1. The summed E-state index contributed by atoms with van der Waals surface area (Å²) >= 11 is 0. The minimum Gasteiger partial charge on any atom is -0.622 e. The fraction of sp³-hybridized carbons (Fsp3) is 0.409. The summed E-state index contributed by atoms with van der Waals surface area (Å²) in [4.78, 5) is 27.6. The molecular formula is C22H25N3O6. The third kappa shape index (κ3) is 4.47. The van der Waals surface area contributed by atoms with Gasteiger partial charge in [0, 0.05) is 12.3 Å². The topological polar surface area (TPSA) is 121 Å². The van der Waals surface area contributed by atoms with Crippen LogP contribution >= 0.6 is 0 Å². The van der Waals surface area contributed by atoms with E-state index in [1.54, 1.807) is 18.3 Å². The second-order valence-corrected chi connectivity index (χ2v) is 8.64. The number of carboxylic acid groups (broad SMARTS) is 1. The Morgan fingerprint density at radius 2 is 1.90 bits per heavy atom. The van der Waals surface area contributed by atoms with Crippen LogP contribution in [0.15, 0.2) is 48.7 Å². The number of hydroxylamine groups is 3. The van der Waals surface area contributed by atoms with E-state index in [0.717, 1.165) is 11.1 Å². The number of rotatable bonds is 6. The molecule has 164 valence electrons. The lowest BCUT2D eigenvalue weighted by atomic mass is 9.95. The smallest absolute Gasteiger partial charge is 0.513 e. The highest BCUT2D eigenvalue weighted by atomic mass is 16.6. The van der Waals surface area contributed by atoms with Crippen LogP contribution in [0.1, 0.15) is 25.0 Å². The van der Waals surface area contributed by atoms with Crippen molar-refractivity contribution < 1.29 is 28.8 Å². The Balaban J connectivity index is 1.33. The number of nitrogens with one attached hydrogen (secondary N) is 1. The van der Waals surface area contributed by atoms with Crippen molar-refractivity contribution in [3.05, 3.63) is 65.0 Å². The van der Waals surface area contributed by atoms with Crippen LogP contribution < -0.4 is 10.1 Å². The number of carbonyl (C=O) groups excluding carboxylic acids is 1. The SMILES string of the molecule is CC(C)(NC(=O)OCc1ccccc1)c1ccnc(OC2[C@H]3C[N+]([O-])(C(=O)O)C[C@@H]23)c1. The van der Waals surface area contributed by atoms with Gasteiger partial charge in [0.25, 0.3) is 0 Å². The van der Waals surface area contributed by atoms with E-state index in [9.17, 15) is 14.8 Å². The van der Waals surface area contributed by atoms with Crippen molar-refractivity contribution in [2.45, 2.75) is 32.1 Å². The van der Waals surface area contributed by atoms with E-state index in [1.165, 1.54) is 0 Å². The number of amides is 2. The third-order valence-electron chi connectivity index (χ3n) is 5.95. The Morgan fingerprint density at radius 3 is 2.55 bits per heavy atom. The number of carbonyl (C=O) groups is 2. The lowest BCUT2D eigenvalue weighted by Gasteiger charge is -2.33. The van der Waals surface area contributed by atoms with E-state index in [-0.39, 0.29) is 37.6 Å². The highest BCUT2D eigenvalue weighted by molar-refractivity contribution is 5.68. The zero-order chi connectivity index (χ0) is 22.2. The van der Waals surface area contributed by atoms with E-state index in [4.69, 9.17) is 14.6 Å². The van der Waals surface area contributed by atoms with Crippen molar-refractivity contribution in [2.24, 2.45) is 11.8 Å². The lowest BCUT2D eigenvalue weighted by Crippen LogP contribution is -2.47. The molecule has 9 nitrogen and oxygen atoms in total. The van der Waals surface area contributed by atoms with Crippen LogP contribution in [-0.2, 0) is 16.9 Å². The van der Waals surface area contributed by atoms with E-state index < -0.39 is 22.4 Å². The number of ether oxygens (including phenoxy) is 2. The van der Waals surface area contributed by atoms with E-state index >= 15 is 0 Å². The minimum atomic E-state index is -1.35. The van der Waals surface area contributed by atoms with Crippen LogP contribution in [-0.4, -0.2) is 46.1 Å². The molecule has 2 amide bonds. The van der Waals surface area contributed by atoms with Gasteiger partial charge in [0.15, 0.2) is 0 Å². The van der Waals surface area contributed by atoms with Gasteiger partial charge < -0.3 is 25.1 Å². The highest BCUT2D eigenvalue weighted by Crippen LogP contribution is 2.50. The number of likely N-dealkylation sites (tertiary alicyclic amines) is 1. The second kappa shape index (κ2) is 7.82. The number of piperidine rings is 1. The van der Waals surface area contributed by atoms with Crippen LogP contribution in [0.4, 0.5) is 9.59 Å². The van der Waals surface area contributed by atoms with Crippen molar-refractivity contribution in [1.82, 2.24) is 10.3 Å². The maximum atomic E-state index is 12.3. The number of quaternary nitrogens is 1. The predicted molar refractivity (Wildman–Crippen MR) is 110 cm³/mol. The maximum absolute atomic E-state index is 12.3. The summed E-state index contributed by atoms with van der Waals surface area (Å²) < 4.78 is 10.0. The highest BCUT2D eigenvalue weighted by Gasteiger charge is 2.65. The molecule has 2 aliphatic rings. The zero-order valence-electron chi connectivity index (χ0n) is 17.4. The summed E-state index contributed by atoms with van der Waals surface area (Å²) in [5.74, 6) is 0.236. The summed E-state index contributed by atoms with van der Waals surface area (Å²) in [5.41, 5.74) is 0.937. The number of pyridine rings is 1. The number of alkyl carbamates (subject to hydrolysis) is 1. The largest absolute Gasteiger partial charge is 0.622 e. The molecule has 1 saturated carbocycles. The van der Waals surface area contributed by atoms with E-state index in [0.29, 0.717) is 5.88 Å². The number of hydrogen-bond acceptors (Lipinski definition) is 6. The predicted octanol–water partition coefficient (Wildman–Crippen LogP) is 3.24. The van der Waals surface area contributed by atoms with Gasteiger partial charge in [0.05, 0.1) is 30.5 Å². The molecule has 2 heterocycles. The molecule has 2 fully saturated rings. The minimum absolute atomic E-state index is 0.0185. The summed E-state index contributed by atoms with van der Waals surface area (Å²) in [5, 5.41) is 24.0. The van der Waals surface area contributed by atoms with Crippen LogP contribution in [0.2, 0.25) is 0 Å². The summed E-state index contributed by atoms with van der Waals surface area (Å²) in [7, 11) is 0. The Bertz CT molecular complexity index is 968. The molecule has 0 bridgehead atoms. The average molecular weight is 427 g/mol. The molecule has 1 aromatic carbocycles. The fourth-order valence-electron chi connectivity index (χ4n) is 4.06. The first-order chi connectivity index (χ1) is 14.7. The van der Waals surface area contributed by atoms with Gasteiger partial charge in [-0.3, -0.25) is 4.65 Å². The zero-order valence-corrected chi connectivity index (χ0v) is 17.4. The lowest BCUT2D eigenvalue weighted by molar-refractivity contribution is -0.800. The molecule has 2 unspecified atom stereocenters. The molecule has 1 aromatic heterocycles.